The number of hydrogen-bond donors (Lipinski definition) is 0. The molecule has 0 saturated carbocycles. The first-order valence-electron chi connectivity index (χ1n) is 29.6. The number of benzene rings is 13. The third kappa shape index (κ3) is 8.46. The Morgan fingerprint density at radius 1 is 0.209 bits per heavy atom. The number of thiophene rings is 1. The summed E-state index contributed by atoms with van der Waals surface area (Å²) < 4.78 is 0. The van der Waals surface area contributed by atoms with Crippen LogP contribution in [-0.4, -0.2) is 0 Å². The van der Waals surface area contributed by atoms with Gasteiger partial charge in [0.05, 0.1) is 16.8 Å². The SMILES string of the molecule is c1ccc(-c2ccc(N(c3ccc(-c4ccccc4)cc3)c3cccc4c3-c3ccccc3C43c4cccc(N(c5ccc(-c6ccccc6)cc5)c5ccc(-c6ccccc6)cc5)c4-c4c(-c5ccccc5)sc(-c5ccccc5)c43)cc2)cc1. The number of nitrogens with zero attached hydrogens (tertiary/aromatic N) is 2. The fraction of sp³-hybridized carbons (Fsp3) is 0.0120. The van der Waals surface area contributed by atoms with Crippen molar-refractivity contribution in [3.05, 3.63) is 362 Å². The van der Waals surface area contributed by atoms with E-state index in [1.807, 2.05) is 11.3 Å². The molecule has 0 aliphatic heterocycles. The highest BCUT2D eigenvalue weighted by Gasteiger charge is 2.56. The van der Waals surface area contributed by atoms with Gasteiger partial charge in [-0.25, -0.2) is 0 Å². The third-order valence-electron chi connectivity index (χ3n) is 17.5. The summed E-state index contributed by atoms with van der Waals surface area (Å²) in [4.78, 5) is 7.53. The molecule has 1 spiro atoms. The molecule has 2 aliphatic rings. The molecule has 1 atom stereocenters. The Balaban J connectivity index is 0.979. The molecule has 0 fully saturated rings. The summed E-state index contributed by atoms with van der Waals surface area (Å²) in [6.45, 7) is 0. The maximum absolute atomic E-state index is 2.51. The lowest BCUT2D eigenvalue weighted by atomic mass is 9.70. The van der Waals surface area contributed by atoms with E-state index < -0.39 is 5.41 Å². The normalized spacial score (nSPS) is 13.4. The van der Waals surface area contributed by atoms with Crippen LogP contribution in [0.4, 0.5) is 34.1 Å². The van der Waals surface area contributed by atoms with Crippen molar-refractivity contribution < 1.29 is 0 Å². The van der Waals surface area contributed by atoms with Gasteiger partial charge < -0.3 is 9.80 Å². The molecule has 2 aliphatic carbocycles. The summed E-state index contributed by atoms with van der Waals surface area (Å²) in [7, 11) is 0. The lowest BCUT2D eigenvalue weighted by Crippen LogP contribution is -2.26. The molecule has 0 radical (unpaired) electrons. The van der Waals surface area contributed by atoms with E-state index in [9.17, 15) is 0 Å². The first kappa shape index (κ1) is 50.9. The van der Waals surface area contributed by atoms with Gasteiger partial charge in [0.1, 0.15) is 0 Å². The fourth-order valence-corrected chi connectivity index (χ4v) is 15.1. The average molecular weight is 1110 g/mol. The molecule has 0 amide bonds. The highest BCUT2D eigenvalue weighted by atomic mass is 32.1. The van der Waals surface area contributed by atoms with Crippen molar-refractivity contribution in [2.75, 3.05) is 9.80 Å². The van der Waals surface area contributed by atoms with Crippen molar-refractivity contribution in [1.29, 1.82) is 0 Å². The first-order chi connectivity index (χ1) is 42.7. The van der Waals surface area contributed by atoms with Crippen LogP contribution < -0.4 is 9.80 Å². The van der Waals surface area contributed by atoms with Crippen molar-refractivity contribution >= 4 is 45.5 Å². The van der Waals surface area contributed by atoms with E-state index in [0.29, 0.717) is 0 Å². The number of fused-ring (bicyclic) bond motifs is 10. The zero-order valence-corrected chi connectivity index (χ0v) is 48.0. The standard InChI is InChI=1S/C83H56N2S/c1-7-23-57(24-8-1)61-41-49-67(50-42-61)84(68-51-43-62(44-52-68)58-25-9-2-10-26-58)75-39-21-37-73-77(75)71-35-19-20-36-72(71)83(73)74-38-22-40-76(78(74)79-80(83)82(66-33-17-6-18-34-66)86-81(79)65-31-15-5-16-32-65)85(69-53-45-63(46-54-69)59-27-11-3-12-28-59)70-55-47-64(48-56-70)60-29-13-4-14-30-60/h1-56H. The summed E-state index contributed by atoms with van der Waals surface area (Å²) in [5.41, 5.74) is 27.8. The zero-order chi connectivity index (χ0) is 57.0. The van der Waals surface area contributed by atoms with Crippen LogP contribution in [0.25, 0.3) is 87.6 Å². The van der Waals surface area contributed by atoms with Crippen LogP contribution in [0, 0.1) is 0 Å². The zero-order valence-electron chi connectivity index (χ0n) is 47.1. The van der Waals surface area contributed by atoms with Gasteiger partial charge in [-0.1, -0.05) is 279 Å². The number of anilines is 6. The highest BCUT2D eigenvalue weighted by Crippen LogP contribution is 2.71. The molecule has 86 heavy (non-hydrogen) atoms. The maximum Gasteiger partial charge on any atom is 0.0741 e. The highest BCUT2D eigenvalue weighted by molar-refractivity contribution is 7.19. The van der Waals surface area contributed by atoms with Gasteiger partial charge in [-0.3, -0.25) is 0 Å². The second-order valence-corrected chi connectivity index (χ2v) is 23.3. The lowest BCUT2D eigenvalue weighted by molar-refractivity contribution is 0.798. The Bertz CT molecular complexity index is 4570. The van der Waals surface area contributed by atoms with Crippen LogP contribution in [0.1, 0.15) is 22.3 Å². The van der Waals surface area contributed by atoms with Gasteiger partial charge in [0, 0.05) is 49.2 Å². The van der Waals surface area contributed by atoms with E-state index in [-0.39, 0.29) is 0 Å². The molecule has 1 heterocycles. The quantitative estimate of drug-likeness (QED) is 0.120. The first-order valence-corrected chi connectivity index (χ1v) is 30.4. The maximum atomic E-state index is 2.51. The monoisotopic (exact) mass is 1110 g/mol. The van der Waals surface area contributed by atoms with Crippen LogP contribution >= 0.6 is 11.3 Å². The van der Waals surface area contributed by atoms with E-state index in [4.69, 9.17) is 0 Å². The predicted octanol–water partition coefficient (Wildman–Crippen LogP) is 23.0. The Morgan fingerprint density at radius 2 is 0.500 bits per heavy atom. The van der Waals surface area contributed by atoms with E-state index in [2.05, 4.69) is 350 Å². The van der Waals surface area contributed by atoms with Crippen LogP contribution in [0.5, 0.6) is 0 Å². The summed E-state index contributed by atoms with van der Waals surface area (Å²) in [6.07, 6.45) is 0. The number of rotatable bonds is 12. The topological polar surface area (TPSA) is 6.48 Å². The molecule has 0 N–H and O–H groups in total. The summed E-state index contributed by atoms with van der Waals surface area (Å²) in [5, 5.41) is 0. The smallest absolute Gasteiger partial charge is 0.0741 e. The molecule has 404 valence electrons. The molecule has 16 rings (SSSR count). The molecule has 0 saturated heterocycles. The van der Waals surface area contributed by atoms with Gasteiger partial charge in [-0.05, 0) is 144 Å². The molecule has 1 unspecified atom stereocenters. The van der Waals surface area contributed by atoms with Crippen molar-refractivity contribution in [2.45, 2.75) is 5.41 Å². The van der Waals surface area contributed by atoms with Gasteiger partial charge in [-0.15, -0.1) is 11.3 Å². The fourth-order valence-electron chi connectivity index (χ4n) is 13.7. The van der Waals surface area contributed by atoms with Crippen molar-refractivity contribution in [2.24, 2.45) is 0 Å². The molecule has 1 aromatic heterocycles. The van der Waals surface area contributed by atoms with Crippen molar-refractivity contribution in [3.63, 3.8) is 0 Å². The van der Waals surface area contributed by atoms with Gasteiger partial charge in [-0.2, -0.15) is 0 Å². The minimum absolute atomic E-state index is 0.753. The Kier molecular flexibility index (Phi) is 12.7. The summed E-state index contributed by atoms with van der Waals surface area (Å²) in [5.74, 6) is 0. The largest absolute Gasteiger partial charge is 0.310 e. The van der Waals surface area contributed by atoms with E-state index >= 15 is 0 Å². The summed E-state index contributed by atoms with van der Waals surface area (Å²) >= 11 is 1.93. The van der Waals surface area contributed by atoms with Crippen LogP contribution in [0.15, 0.2) is 340 Å². The van der Waals surface area contributed by atoms with E-state index in [0.717, 1.165) is 34.1 Å². The Labute approximate surface area is 507 Å². The Morgan fingerprint density at radius 3 is 0.884 bits per heavy atom. The van der Waals surface area contributed by atoms with Crippen molar-refractivity contribution in [1.82, 2.24) is 0 Å². The molecule has 0 bridgehead atoms. The summed E-state index contributed by atoms with van der Waals surface area (Å²) in [6, 6.07) is 125. The van der Waals surface area contributed by atoms with Gasteiger partial charge >= 0.3 is 0 Å². The molecule has 3 heteroatoms. The molecule has 2 nitrogen and oxygen atoms in total. The Hall–Kier alpha value is -10.8. The van der Waals surface area contributed by atoms with Crippen LogP contribution in [0.2, 0.25) is 0 Å². The molecular weight excluding hydrogens is 1060 g/mol. The van der Waals surface area contributed by atoms with Gasteiger partial charge in [0.25, 0.3) is 0 Å². The third-order valence-corrected chi connectivity index (χ3v) is 18.8. The van der Waals surface area contributed by atoms with Crippen molar-refractivity contribution in [3.8, 4) is 87.6 Å². The van der Waals surface area contributed by atoms with E-state index in [1.165, 1.54) is 110 Å². The van der Waals surface area contributed by atoms with Crippen LogP contribution in [0.3, 0.4) is 0 Å². The second-order valence-electron chi connectivity index (χ2n) is 22.3. The minimum Gasteiger partial charge on any atom is -0.310 e. The minimum atomic E-state index is -0.753. The molecule has 13 aromatic carbocycles. The number of hydrogen-bond acceptors (Lipinski definition) is 3. The molecule has 14 aromatic rings. The average Bonchev–Trinajstić information content (AvgIpc) is 1.50. The predicted molar refractivity (Wildman–Crippen MR) is 363 cm³/mol. The molecular formula is C83H56N2S. The van der Waals surface area contributed by atoms with Crippen LogP contribution in [-0.2, 0) is 5.41 Å². The lowest BCUT2D eigenvalue weighted by Gasteiger charge is -2.33. The van der Waals surface area contributed by atoms with Gasteiger partial charge in [0.2, 0.25) is 0 Å². The van der Waals surface area contributed by atoms with Gasteiger partial charge in [0.15, 0.2) is 0 Å². The van der Waals surface area contributed by atoms with E-state index in [1.54, 1.807) is 0 Å². The second kappa shape index (κ2) is 21.4.